The van der Waals surface area contributed by atoms with Crippen molar-refractivity contribution in [2.45, 2.75) is 36.1 Å². The van der Waals surface area contributed by atoms with Crippen molar-refractivity contribution in [2.24, 2.45) is 7.05 Å². The highest BCUT2D eigenvalue weighted by atomic mass is 32.2. The van der Waals surface area contributed by atoms with Gasteiger partial charge in [0.1, 0.15) is 4.90 Å². The predicted octanol–water partition coefficient (Wildman–Crippen LogP) is 0.525. The maximum Gasteiger partial charge on any atom is 0.246 e. The highest BCUT2D eigenvalue weighted by Gasteiger charge is 2.35. The first-order valence-electron chi connectivity index (χ1n) is 7.44. The van der Waals surface area contributed by atoms with Gasteiger partial charge in [-0.25, -0.2) is 13.1 Å². The Morgan fingerprint density at radius 1 is 1.23 bits per heavy atom. The smallest absolute Gasteiger partial charge is 0.246 e. The van der Waals surface area contributed by atoms with E-state index < -0.39 is 10.0 Å². The van der Waals surface area contributed by atoms with E-state index >= 15 is 0 Å². The lowest BCUT2D eigenvalue weighted by molar-refractivity contribution is 0.428. The minimum Gasteiger partial charge on any atom is -0.274 e. The Morgan fingerprint density at radius 2 is 2.05 bits per heavy atom. The second-order valence-corrected chi connectivity index (χ2v) is 7.99. The minimum absolute atomic E-state index is 0.0615. The third kappa shape index (κ3) is 2.34. The fourth-order valence-corrected chi connectivity index (χ4v) is 4.34. The van der Waals surface area contributed by atoms with Gasteiger partial charge in [-0.2, -0.15) is 9.40 Å². The molecule has 0 bridgehead atoms. The summed E-state index contributed by atoms with van der Waals surface area (Å²) in [5.41, 5.74) is 1.04. The Bertz CT molecular complexity index is 791. The summed E-state index contributed by atoms with van der Waals surface area (Å²) in [5, 5.41) is 12.3. The normalized spacial score (nSPS) is 23.2. The summed E-state index contributed by atoms with van der Waals surface area (Å²) >= 11 is 0. The molecule has 1 aliphatic heterocycles. The summed E-state index contributed by atoms with van der Waals surface area (Å²) in [6, 6.07) is 0.0615. The van der Waals surface area contributed by atoms with Crippen LogP contribution >= 0.6 is 0 Å². The summed E-state index contributed by atoms with van der Waals surface area (Å²) in [4.78, 5) is 0.243. The molecule has 4 rings (SSSR count). The van der Waals surface area contributed by atoms with Crippen LogP contribution in [-0.4, -0.2) is 50.6 Å². The van der Waals surface area contributed by atoms with Crippen LogP contribution in [0.4, 0.5) is 0 Å². The van der Waals surface area contributed by atoms with Crippen molar-refractivity contribution >= 4 is 10.0 Å². The molecular formula is C13H18N6O2S. The summed E-state index contributed by atoms with van der Waals surface area (Å²) in [6.07, 6.45) is 8.03. The van der Waals surface area contributed by atoms with E-state index in [0.717, 1.165) is 12.1 Å². The fourth-order valence-electron chi connectivity index (χ4n) is 2.86. The molecule has 2 fully saturated rings. The van der Waals surface area contributed by atoms with Gasteiger partial charge in [0.2, 0.25) is 10.0 Å². The molecule has 0 N–H and O–H groups in total. The largest absolute Gasteiger partial charge is 0.274 e. The van der Waals surface area contributed by atoms with Crippen molar-refractivity contribution in [3.8, 4) is 0 Å². The van der Waals surface area contributed by atoms with Gasteiger partial charge >= 0.3 is 0 Å². The number of nitrogens with zero attached hydrogens (tertiary/aromatic N) is 6. The van der Waals surface area contributed by atoms with Gasteiger partial charge in [-0.1, -0.05) is 5.21 Å². The molecule has 0 amide bonds. The van der Waals surface area contributed by atoms with Gasteiger partial charge < -0.3 is 0 Å². The average molecular weight is 322 g/mol. The van der Waals surface area contributed by atoms with E-state index in [2.05, 4.69) is 15.4 Å². The monoisotopic (exact) mass is 322 g/mol. The van der Waals surface area contributed by atoms with E-state index in [1.54, 1.807) is 7.05 Å². The van der Waals surface area contributed by atoms with E-state index in [4.69, 9.17) is 0 Å². The van der Waals surface area contributed by atoms with Gasteiger partial charge in [0.25, 0.3) is 0 Å². The molecule has 22 heavy (non-hydrogen) atoms. The maximum absolute atomic E-state index is 12.6. The van der Waals surface area contributed by atoms with Gasteiger partial charge in [0.05, 0.1) is 17.9 Å². The molecule has 1 saturated heterocycles. The molecule has 1 atom stereocenters. The van der Waals surface area contributed by atoms with Crippen molar-refractivity contribution in [3.05, 3.63) is 24.3 Å². The summed E-state index contributed by atoms with van der Waals surface area (Å²) in [7, 11) is -1.76. The molecule has 9 heteroatoms. The van der Waals surface area contributed by atoms with Gasteiger partial charge in [-0.05, 0) is 19.3 Å². The Morgan fingerprint density at radius 3 is 2.73 bits per heavy atom. The number of hydrogen-bond acceptors (Lipinski definition) is 5. The maximum atomic E-state index is 12.6. The molecule has 8 nitrogen and oxygen atoms in total. The van der Waals surface area contributed by atoms with Gasteiger partial charge in [-0.15, -0.1) is 5.10 Å². The van der Waals surface area contributed by atoms with Crippen LogP contribution in [0.15, 0.2) is 23.5 Å². The molecule has 2 aromatic heterocycles. The molecular weight excluding hydrogens is 304 g/mol. The minimum atomic E-state index is -3.47. The molecule has 0 aromatic carbocycles. The van der Waals surface area contributed by atoms with Crippen molar-refractivity contribution in [2.75, 3.05) is 13.1 Å². The lowest BCUT2D eigenvalue weighted by Crippen LogP contribution is -2.29. The zero-order valence-corrected chi connectivity index (χ0v) is 13.1. The highest BCUT2D eigenvalue weighted by Crippen LogP contribution is 2.39. The first-order valence-corrected chi connectivity index (χ1v) is 8.88. The molecule has 1 saturated carbocycles. The van der Waals surface area contributed by atoms with Gasteiger partial charge in [-0.3, -0.25) is 4.68 Å². The Balaban J connectivity index is 1.51. The van der Waals surface area contributed by atoms with Crippen molar-refractivity contribution in [1.29, 1.82) is 0 Å². The van der Waals surface area contributed by atoms with Crippen LogP contribution in [0.25, 0.3) is 0 Å². The Hall–Kier alpha value is -1.74. The molecule has 2 aliphatic rings. The first-order chi connectivity index (χ1) is 10.5. The SMILES string of the molecule is Cn1cc(S(=O)(=O)N2CCC(n3cc(C4CC4)nn3)C2)cn1. The second kappa shape index (κ2) is 4.88. The highest BCUT2D eigenvalue weighted by molar-refractivity contribution is 7.89. The number of hydrogen-bond donors (Lipinski definition) is 0. The van der Waals surface area contributed by atoms with E-state index in [9.17, 15) is 8.42 Å². The number of rotatable bonds is 4. The molecule has 0 spiro atoms. The van der Waals surface area contributed by atoms with Gasteiger partial charge in [0, 0.05) is 38.4 Å². The summed E-state index contributed by atoms with van der Waals surface area (Å²) < 4.78 is 30.0. The zero-order chi connectivity index (χ0) is 15.3. The van der Waals surface area contributed by atoms with Crippen LogP contribution in [0, 0.1) is 0 Å². The Kier molecular flexibility index (Phi) is 3.08. The third-order valence-corrected chi connectivity index (χ3v) is 6.16. The van der Waals surface area contributed by atoms with Crippen molar-refractivity contribution in [1.82, 2.24) is 29.1 Å². The Labute approximate surface area is 128 Å². The van der Waals surface area contributed by atoms with E-state index in [0.29, 0.717) is 19.0 Å². The van der Waals surface area contributed by atoms with Crippen LogP contribution < -0.4 is 0 Å². The number of aromatic nitrogens is 5. The summed E-state index contributed by atoms with van der Waals surface area (Å²) in [6.45, 7) is 0.936. The van der Waals surface area contributed by atoms with E-state index in [-0.39, 0.29) is 10.9 Å². The van der Waals surface area contributed by atoms with Crippen LogP contribution in [-0.2, 0) is 17.1 Å². The first kappa shape index (κ1) is 13.9. The van der Waals surface area contributed by atoms with E-state index in [1.165, 1.54) is 34.2 Å². The molecule has 1 unspecified atom stereocenters. The molecule has 2 aromatic rings. The van der Waals surface area contributed by atoms with Crippen LogP contribution in [0.3, 0.4) is 0 Å². The topological polar surface area (TPSA) is 85.9 Å². The third-order valence-electron chi connectivity index (χ3n) is 4.34. The summed E-state index contributed by atoms with van der Waals surface area (Å²) in [5.74, 6) is 0.561. The second-order valence-electron chi connectivity index (χ2n) is 6.05. The predicted molar refractivity (Wildman–Crippen MR) is 77.6 cm³/mol. The van der Waals surface area contributed by atoms with Crippen molar-refractivity contribution in [3.63, 3.8) is 0 Å². The average Bonchev–Trinajstić information content (AvgIpc) is 2.95. The fraction of sp³-hybridized carbons (Fsp3) is 0.615. The number of sulfonamides is 1. The van der Waals surface area contributed by atoms with Crippen molar-refractivity contribution < 1.29 is 8.42 Å². The zero-order valence-electron chi connectivity index (χ0n) is 12.3. The van der Waals surface area contributed by atoms with Crippen LogP contribution in [0.2, 0.25) is 0 Å². The lowest BCUT2D eigenvalue weighted by atomic mass is 10.2. The molecule has 3 heterocycles. The van der Waals surface area contributed by atoms with Gasteiger partial charge in [0.15, 0.2) is 0 Å². The molecule has 1 aliphatic carbocycles. The standard InChI is InChI=1S/C13H18N6O2S/c1-17-8-12(6-14-17)22(20,21)18-5-4-11(7-18)19-9-13(15-16-19)10-2-3-10/h6,8-11H,2-5,7H2,1H3. The molecule has 118 valence electrons. The quantitative estimate of drug-likeness (QED) is 0.819. The molecule has 0 radical (unpaired) electrons. The van der Waals surface area contributed by atoms with Crippen LogP contribution in [0.1, 0.15) is 36.9 Å². The lowest BCUT2D eigenvalue weighted by Gasteiger charge is -2.15. The van der Waals surface area contributed by atoms with Crippen LogP contribution in [0.5, 0.6) is 0 Å². The number of aryl methyl sites for hydroxylation is 1. The van der Waals surface area contributed by atoms with E-state index in [1.807, 2.05) is 10.9 Å².